The Morgan fingerprint density at radius 2 is 1.67 bits per heavy atom. The Morgan fingerprint density at radius 3 is 2.22 bits per heavy atom. The van der Waals surface area contributed by atoms with Gasteiger partial charge in [0, 0.05) is 9.37 Å². The predicted molar refractivity (Wildman–Crippen MR) is 80.0 cm³/mol. The number of benzene rings is 2. The summed E-state index contributed by atoms with van der Waals surface area (Å²) in [6.45, 7) is 0. The maximum Gasteiger partial charge on any atom is 0.239 e. The molecular formula is C14H10BrClOS. The van der Waals surface area contributed by atoms with Crippen molar-refractivity contribution in [3.63, 3.8) is 0 Å². The van der Waals surface area contributed by atoms with Gasteiger partial charge in [-0.3, -0.25) is 4.79 Å². The first-order chi connectivity index (χ1) is 8.66. The van der Waals surface area contributed by atoms with E-state index in [1.54, 1.807) is 0 Å². The van der Waals surface area contributed by atoms with Gasteiger partial charge in [0.1, 0.15) is 5.25 Å². The van der Waals surface area contributed by atoms with Gasteiger partial charge >= 0.3 is 0 Å². The zero-order chi connectivity index (χ0) is 13.0. The molecule has 0 aromatic heterocycles. The average Bonchev–Trinajstić information content (AvgIpc) is 2.38. The highest BCUT2D eigenvalue weighted by Gasteiger charge is 2.19. The molecule has 0 N–H and O–H groups in total. The number of carbonyl (C=O) groups is 1. The summed E-state index contributed by atoms with van der Waals surface area (Å²) in [6.07, 6.45) is 0. The Bertz CT molecular complexity index is 527. The van der Waals surface area contributed by atoms with Crippen LogP contribution in [0.15, 0.2) is 64.0 Å². The highest BCUT2D eigenvalue weighted by molar-refractivity contribution is 9.10. The van der Waals surface area contributed by atoms with Gasteiger partial charge in [-0.25, -0.2) is 0 Å². The molecule has 0 saturated carbocycles. The SMILES string of the molecule is O=C(Cl)C(Sc1ccc(Br)cc1)c1ccccc1. The first kappa shape index (κ1) is 13.7. The van der Waals surface area contributed by atoms with E-state index in [0.717, 1.165) is 14.9 Å². The Kier molecular flexibility index (Phi) is 4.87. The van der Waals surface area contributed by atoms with Gasteiger partial charge in [-0.2, -0.15) is 0 Å². The molecule has 2 aromatic rings. The minimum absolute atomic E-state index is 0.353. The van der Waals surface area contributed by atoms with Crippen LogP contribution in [0, 0.1) is 0 Å². The van der Waals surface area contributed by atoms with Crippen molar-refractivity contribution in [2.75, 3.05) is 0 Å². The van der Waals surface area contributed by atoms with E-state index >= 15 is 0 Å². The lowest BCUT2D eigenvalue weighted by molar-refractivity contribution is -0.111. The van der Waals surface area contributed by atoms with Crippen LogP contribution in [-0.4, -0.2) is 5.24 Å². The number of hydrogen-bond acceptors (Lipinski definition) is 2. The molecule has 0 aliphatic carbocycles. The summed E-state index contributed by atoms with van der Waals surface area (Å²) < 4.78 is 1.01. The molecule has 18 heavy (non-hydrogen) atoms. The minimum atomic E-state index is -0.367. The molecule has 2 rings (SSSR count). The van der Waals surface area contributed by atoms with Gasteiger partial charge in [-0.1, -0.05) is 46.3 Å². The van der Waals surface area contributed by atoms with Gasteiger partial charge in [0.05, 0.1) is 0 Å². The Hall–Kier alpha value is -0.770. The van der Waals surface area contributed by atoms with Crippen molar-refractivity contribution < 1.29 is 4.79 Å². The molecule has 0 fully saturated rings. The van der Waals surface area contributed by atoms with E-state index in [1.807, 2.05) is 54.6 Å². The van der Waals surface area contributed by atoms with Crippen LogP contribution in [0.3, 0.4) is 0 Å². The van der Waals surface area contributed by atoms with Crippen LogP contribution in [0.5, 0.6) is 0 Å². The van der Waals surface area contributed by atoms with Crippen LogP contribution in [0.4, 0.5) is 0 Å². The molecule has 0 heterocycles. The Balaban J connectivity index is 2.22. The van der Waals surface area contributed by atoms with Crippen LogP contribution >= 0.6 is 39.3 Å². The van der Waals surface area contributed by atoms with Crippen molar-refractivity contribution >= 4 is 44.5 Å². The van der Waals surface area contributed by atoms with Crippen LogP contribution in [0.2, 0.25) is 0 Å². The van der Waals surface area contributed by atoms with E-state index in [4.69, 9.17) is 11.6 Å². The van der Waals surface area contributed by atoms with Gasteiger partial charge in [0.25, 0.3) is 0 Å². The highest BCUT2D eigenvalue weighted by Crippen LogP contribution is 2.37. The first-order valence-corrected chi connectivity index (χ1v) is 7.38. The third kappa shape index (κ3) is 3.61. The quantitative estimate of drug-likeness (QED) is 0.572. The van der Waals surface area contributed by atoms with Gasteiger partial charge in [-0.05, 0) is 41.4 Å². The molecule has 1 atom stereocenters. The second kappa shape index (κ2) is 6.41. The molecule has 0 radical (unpaired) electrons. The van der Waals surface area contributed by atoms with Gasteiger partial charge in [-0.15, -0.1) is 11.8 Å². The van der Waals surface area contributed by atoms with Crippen molar-refractivity contribution in [3.05, 3.63) is 64.6 Å². The number of carbonyl (C=O) groups excluding carboxylic acids is 1. The summed E-state index contributed by atoms with van der Waals surface area (Å²) in [5, 5.41) is -0.719. The molecule has 0 saturated heterocycles. The zero-order valence-electron chi connectivity index (χ0n) is 9.35. The van der Waals surface area contributed by atoms with Crippen LogP contribution in [0.1, 0.15) is 10.8 Å². The van der Waals surface area contributed by atoms with Crippen LogP contribution in [0.25, 0.3) is 0 Å². The van der Waals surface area contributed by atoms with Gasteiger partial charge in [0.2, 0.25) is 5.24 Å². The molecular weight excluding hydrogens is 332 g/mol. The molecule has 0 amide bonds. The third-order valence-electron chi connectivity index (χ3n) is 2.38. The molecule has 1 unspecified atom stereocenters. The fourth-order valence-corrected chi connectivity index (χ4v) is 3.00. The molecule has 0 spiro atoms. The summed E-state index contributed by atoms with van der Waals surface area (Å²) in [6, 6.07) is 17.4. The predicted octanol–water partition coefficient (Wildman–Crippen LogP) is 5.05. The van der Waals surface area contributed by atoms with Gasteiger partial charge < -0.3 is 0 Å². The van der Waals surface area contributed by atoms with E-state index < -0.39 is 0 Å². The van der Waals surface area contributed by atoms with Crippen molar-refractivity contribution in [2.24, 2.45) is 0 Å². The van der Waals surface area contributed by atoms with Crippen LogP contribution in [-0.2, 0) is 4.79 Å². The lowest BCUT2D eigenvalue weighted by Gasteiger charge is -2.12. The third-order valence-corrected chi connectivity index (χ3v) is 4.52. The first-order valence-electron chi connectivity index (χ1n) is 5.33. The lowest BCUT2D eigenvalue weighted by Crippen LogP contribution is -2.02. The molecule has 0 aliphatic heterocycles. The molecule has 2 aromatic carbocycles. The summed E-state index contributed by atoms with van der Waals surface area (Å²) in [5.41, 5.74) is 0.922. The van der Waals surface area contributed by atoms with E-state index in [2.05, 4.69) is 15.9 Å². The Morgan fingerprint density at radius 1 is 1.06 bits per heavy atom. The monoisotopic (exact) mass is 340 g/mol. The summed E-state index contributed by atoms with van der Waals surface area (Å²) in [5.74, 6) is 0. The fraction of sp³-hybridized carbons (Fsp3) is 0.0714. The second-order valence-electron chi connectivity index (χ2n) is 3.67. The molecule has 0 aliphatic rings. The topological polar surface area (TPSA) is 17.1 Å². The fourth-order valence-electron chi connectivity index (χ4n) is 1.52. The van der Waals surface area contributed by atoms with E-state index in [1.165, 1.54) is 11.8 Å². The minimum Gasteiger partial charge on any atom is -0.280 e. The van der Waals surface area contributed by atoms with E-state index in [-0.39, 0.29) is 10.5 Å². The second-order valence-corrected chi connectivity index (χ2v) is 6.13. The summed E-state index contributed by atoms with van der Waals surface area (Å²) >= 11 is 10.5. The summed E-state index contributed by atoms with van der Waals surface area (Å²) in [7, 11) is 0. The standard InChI is InChI=1S/C14H10BrClOS/c15-11-6-8-12(9-7-11)18-13(14(16)17)10-4-2-1-3-5-10/h1-9,13H. The summed E-state index contributed by atoms with van der Waals surface area (Å²) in [4.78, 5) is 12.6. The molecule has 0 bridgehead atoms. The largest absolute Gasteiger partial charge is 0.280 e. The van der Waals surface area contributed by atoms with Gasteiger partial charge in [0.15, 0.2) is 0 Å². The van der Waals surface area contributed by atoms with Crippen molar-refractivity contribution in [3.8, 4) is 0 Å². The maximum absolute atomic E-state index is 11.6. The molecule has 1 nitrogen and oxygen atoms in total. The van der Waals surface area contributed by atoms with Crippen molar-refractivity contribution in [1.82, 2.24) is 0 Å². The highest BCUT2D eigenvalue weighted by atomic mass is 79.9. The lowest BCUT2D eigenvalue weighted by atomic mass is 10.2. The van der Waals surface area contributed by atoms with E-state index in [0.29, 0.717) is 0 Å². The maximum atomic E-state index is 11.6. The normalized spacial score (nSPS) is 12.1. The van der Waals surface area contributed by atoms with Crippen LogP contribution < -0.4 is 0 Å². The van der Waals surface area contributed by atoms with Crippen molar-refractivity contribution in [2.45, 2.75) is 10.1 Å². The van der Waals surface area contributed by atoms with Crippen molar-refractivity contribution in [1.29, 1.82) is 0 Å². The number of halogens is 2. The number of hydrogen-bond donors (Lipinski definition) is 0. The zero-order valence-corrected chi connectivity index (χ0v) is 12.5. The smallest absolute Gasteiger partial charge is 0.239 e. The van der Waals surface area contributed by atoms with E-state index in [9.17, 15) is 4.79 Å². The Labute approximate surface area is 124 Å². The number of rotatable bonds is 4. The number of thioether (sulfide) groups is 1. The molecule has 92 valence electrons. The average molecular weight is 342 g/mol. The molecule has 4 heteroatoms.